The molecule has 146 valence electrons. The van der Waals surface area contributed by atoms with Crippen LogP contribution in [0.15, 0.2) is 65.6 Å². The molecule has 0 unspecified atom stereocenters. The Labute approximate surface area is 177 Å². The molecule has 1 atom stereocenters. The second-order valence-electron chi connectivity index (χ2n) is 6.71. The summed E-state index contributed by atoms with van der Waals surface area (Å²) >= 11 is 7.52. The predicted octanol–water partition coefficient (Wildman–Crippen LogP) is 5.44. The van der Waals surface area contributed by atoms with E-state index in [9.17, 15) is 14.7 Å². The van der Waals surface area contributed by atoms with Gasteiger partial charge in [0.05, 0.1) is 12.0 Å². The van der Waals surface area contributed by atoms with Crippen molar-refractivity contribution < 1.29 is 19.4 Å². The maximum Gasteiger partial charge on any atom is 0.312 e. The fourth-order valence-electron chi connectivity index (χ4n) is 3.51. The Morgan fingerprint density at radius 3 is 2.41 bits per heavy atom. The average molecular weight is 425 g/mol. The van der Waals surface area contributed by atoms with Gasteiger partial charge in [-0.25, -0.2) is 0 Å². The number of ketones is 1. The lowest BCUT2D eigenvalue weighted by Crippen LogP contribution is -2.22. The maximum absolute atomic E-state index is 12.9. The minimum absolute atomic E-state index is 0.0950. The number of carbonyl (C=O) groups is 2. The quantitative estimate of drug-likeness (QED) is 0.261. The first kappa shape index (κ1) is 19.6. The average Bonchev–Trinajstić information content (AvgIpc) is 2.73. The van der Waals surface area contributed by atoms with Crippen LogP contribution in [-0.4, -0.2) is 23.1 Å². The van der Waals surface area contributed by atoms with Crippen molar-refractivity contribution in [1.29, 1.82) is 0 Å². The number of thioether (sulfide) groups is 1. The summed E-state index contributed by atoms with van der Waals surface area (Å²) in [6.07, 6.45) is 2.08. The molecule has 1 N–H and O–H groups in total. The number of halogens is 1. The van der Waals surface area contributed by atoms with Gasteiger partial charge in [0, 0.05) is 27.0 Å². The summed E-state index contributed by atoms with van der Waals surface area (Å²) < 4.78 is 5.33. The van der Waals surface area contributed by atoms with Gasteiger partial charge in [-0.15, -0.1) is 11.8 Å². The van der Waals surface area contributed by atoms with E-state index in [2.05, 4.69) is 0 Å². The molecule has 0 radical (unpaired) electrons. The number of benzene rings is 3. The Bertz CT molecular complexity index is 1090. The minimum atomic E-state index is -0.389. The predicted molar refractivity (Wildman–Crippen MR) is 113 cm³/mol. The number of rotatable bonds is 4. The third-order valence-electron chi connectivity index (χ3n) is 4.99. The molecule has 0 saturated carbocycles. The van der Waals surface area contributed by atoms with Crippen molar-refractivity contribution in [3.05, 3.63) is 87.9 Å². The maximum atomic E-state index is 12.9. The number of hydrogen-bond donors (Lipinski definition) is 1. The van der Waals surface area contributed by atoms with E-state index in [1.807, 2.05) is 30.5 Å². The van der Waals surface area contributed by atoms with Crippen LogP contribution in [0.5, 0.6) is 11.5 Å². The molecule has 0 bridgehead atoms. The van der Waals surface area contributed by atoms with Gasteiger partial charge in [-0.05, 0) is 60.4 Å². The lowest BCUT2D eigenvalue weighted by atomic mass is 9.84. The summed E-state index contributed by atoms with van der Waals surface area (Å²) in [5, 5.41) is 11.5. The molecule has 6 heteroatoms. The van der Waals surface area contributed by atoms with Gasteiger partial charge in [0.2, 0.25) is 0 Å². The molecule has 0 aliphatic carbocycles. The fourth-order valence-corrected chi connectivity index (χ4v) is 4.04. The molecule has 1 heterocycles. The Hall–Kier alpha value is -2.76. The molecule has 3 aromatic carbocycles. The number of hydrogen-bond acceptors (Lipinski definition) is 5. The van der Waals surface area contributed by atoms with Crippen molar-refractivity contribution in [2.75, 3.05) is 6.26 Å². The highest BCUT2D eigenvalue weighted by atomic mass is 35.5. The second-order valence-corrected chi connectivity index (χ2v) is 8.03. The summed E-state index contributed by atoms with van der Waals surface area (Å²) in [6.45, 7) is 0. The van der Waals surface area contributed by atoms with Crippen LogP contribution in [0.4, 0.5) is 0 Å². The largest absolute Gasteiger partial charge is 0.507 e. The molecule has 0 spiro atoms. The lowest BCUT2D eigenvalue weighted by Gasteiger charge is -2.26. The summed E-state index contributed by atoms with van der Waals surface area (Å²) in [4.78, 5) is 26.2. The van der Waals surface area contributed by atoms with Crippen LogP contribution in [0.2, 0.25) is 5.02 Å². The second kappa shape index (κ2) is 7.93. The smallest absolute Gasteiger partial charge is 0.312 e. The summed E-state index contributed by atoms with van der Waals surface area (Å²) in [6, 6.07) is 17.3. The van der Waals surface area contributed by atoms with Gasteiger partial charge < -0.3 is 9.84 Å². The molecule has 4 rings (SSSR count). The minimum Gasteiger partial charge on any atom is -0.507 e. The van der Waals surface area contributed by atoms with Crippen molar-refractivity contribution in [3.63, 3.8) is 0 Å². The Morgan fingerprint density at radius 1 is 1.07 bits per heavy atom. The molecule has 3 aromatic rings. The van der Waals surface area contributed by atoms with Crippen molar-refractivity contribution in [2.24, 2.45) is 0 Å². The highest BCUT2D eigenvalue weighted by Crippen LogP contribution is 2.45. The van der Waals surface area contributed by atoms with E-state index in [0.717, 1.165) is 10.5 Å². The van der Waals surface area contributed by atoms with E-state index >= 15 is 0 Å². The Kier molecular flexibility index (Phi) is 5.35. The van der Waals surface area contributed by atoms with Crippen molar-refractivity contribution in [2.45, 2.75) is 17.2 Å². The number of phenolic OH excluding ortho intramolecular Hbond substituents is 1. The first-order valence-electron chi connectivity index (χ1n) is 8.98. The number of aromatic hydroxyl groups is 1. The standard InChI is InChI=1S/C23H17ClO4S/c1-29-16-8-4-13(5-9-16)18-12-20(25)28-19-11-10-17(23(27)21(18)19)22(26)14-2-6-15(24)7-3-14/h2-11,18,27H,12H2,1H3/t18-/m1/s1. The zero-order valence-electron chi connectivity index (χ0n) is 15.5. The molecule has 1 aliphatic heterocycles. The fraction of sp³-hybridized carbons (Fsp3) is 0.130. The van der Waals surface area contributed by atoms with E-state index in [1.165, 1.54) is 6.07 Å². The number of ether oxygens (including phenoxy) is 1. The van der Waals surface area contributed by atoms with E-state index < -0.39 is 0 Å². The first-order valence-corrected chi connectivity index (χ1v) is 10.6. The first-order chi connectivity index (χ1) is 14.0. The number of esters is 1. The van der Waals surface area contributed by atoms with Crippen molar-refractivity contribution in [3.8, 4) is 11.5 Å². The van der Waals surface area contributed by atoms with Crippen LogP contribution in [0, 0.1) is 0 Å². The van der Waals surface area contributed by atoms with Gasteiger partial charge in [0.15, 0.2) is 5.78 Å². The highest BCUT2D eigenvalue weighted by Gasteiger charge is 2.33. The highest BCUT2D eigenvalue weighted by molar-refractivity contribution is 7.98. The van der Waals surface area contributed by atoms with E-state index in [-0.39, 0.29) is 41.2 Å². The molecule has 29 heavy (non-hydrogen) atoms. The zero-order chi connectivity index (χ0) is 20.5. The van der Waals surface area contributed by atoms with Gasteiger partial charge >= 0.3 is 5.97 Å². The van der Waals surface area contributed by atoms with Crippen LogP contribution >= 0.6 is 23.4 Å². The van der Waals surface area contributed by atoms with Crippen LogP contribution in [0.3, 0.4) is 0 Å². The lowest BCUT2D eigenvalue weighted by molar-refractivity contribution is -0.135. The van der Waals surface area contributed by atoms with Crippen LogP contribution in [0.1, 0.15) is 39.4 Å². The molecule has 1 aliphatic rings. The molecule has 0 aromatic heterocycles. The topological polar surface area (TPSA) is 63.6 Å². The van der Waals surface area contributed by atoms with Gasteiger partial charge in [-0.1, -0.05) is 23.7 Å². The Morgan fingerprint density at radius 2 is 1.76 bits per heavy atom. The molecule has 0 amide bonds. The number of carbonyl (C=O) groups excluding carboxylic acids is 2. The molecular formula is C23H17ClO4S. The number of phenols is 1. The Balaban J connectivity index is 1.80. The third-order valence-corrected chi connectivity index (χ3v) is 5.98. The normalized spacial score (nSPS) is 15.5. The van der Waals surface area contributed by atoms with E-state index in [4.69, 9.17) is 16.3 Å². The van der Waals surface area contributed by atoms with Gasteiger partial charge in [-0.2, -0.15) is 0 Å². The van der Waals surface area contributed by atoms with Crippen molar-refractivity contribution in [1.82, 2.24) is 0 Å². The van der Waals surface area contributed by atoms with E-state index in [1.54, 1.807) is 42.1 Å². The summed E-state index contributed by atoms with van der Waals surface area (Å²) in [7, 11) is 0. The van der Waals surface area contributed by atoms with Crippen LogP contribution in [0.25, 0.3) is 0 Å². The molecule has 0 fully saturated rings. The van der Waals surface area contributed by atoms with Gasteiger partial charge in [-0.3, -0.25) is 9.59 Å². The molecule has 4 nitrogen and oxygen atoms in total. The summed E-state index contributed by atoms with van der Waals surface area (Å²) in [5.41, 5.74) is 1.92. The van der Waals surface area contributed by atoms with Gasteiger partial charge in [0.25, 0.3) is 0 Å². The van der Waals surface area contributed by atoms with Crippen LogP contribution < -0.4 is 4.74 Å². The SMILES string of the molecule is CSc1ccc([C@H]2CC(=O)Oc3ccc(C(=O)c4ccc(Cl)cc4)c(O)c32)cc1. The molecular weight excluding hydrogens is 408 g/mol. The van der Waals surface area contributed by atoms with Crippen molar-refractivity contribution >= 4 is 35.1 Å². The van der Waals surface area contributed by atoms with Crippen LogP contribution in [-0.2, 0) is 4.79 Å². The number of fused-ring (bicyclic) bond motifs is 1. The van der Waals surface area contributed by atoms with Gasteiger partial charge in [0.1, 0.15) is 11.5 Å². The summed E-state index contributed by atoms with van der Waals surface area (Å²) in [5.74, 6) is -0.956. The monoisotopic (exact) mass is 424 g/mol. The third kappa shape index (κ3) is 3.76. The zero-order valence-corrected chi connectivity index (χ0v) is 17.1. The molecule has 0 saturated heterocycles. The van der Waals surface area contributed by atoms with E-state index in [0.29, 0.717) is 16.1 Å².